The van der Waals surface area contributed by atoms with E-state index in [1.807, 2.05) is 40.7 Å². The van der Waals surface area contributed by atoms with Crippen LogP contribution in [0.2, 0.25) is 0 Å². The van der Waals surface area contributed by atoms with E-state index in [1.165, 1.54) is 0 Å². The molecule has 1 N–H and O–H groups in total. The van der Waals surface area contributed by atoms with Crippen molar-refractivity contribution in [3.05, 3.63) is 11.6 Å². The van der Waals surface area contributed by atoms with Gasteiger partial charge in [0.15, 0.2) is 0 Å². The second kappa shape index (κ2) is 8.48. The van der Waals surface area contributed by atoms with Crippen molar-refractivity contribution in [2.45, 2.75) is 34.6 Å². The smallest absolute Gasteiger partial charge is 0.344 e. The Hall–Kier alpha value is -0.680. The van der Waals surface area contributed by atoms with E-state index in [2.05, 4.69) is 9.56 Å². The van der Waals surface area contributed by atoms with Crippen LogP contribution in [0.15, 0.2) is 11.6 Å². The van der Waals surface area contributed by atoms with Crippen LogP contribution in [0.3, 0.4) is 0 Å². The number of hydrogen-bond donors (Lipinski definition) is 1. The minimum absolute atomic E-state index is 0.0348. The van der Waals surface area contributed by atoms with Gasteiger partial charge in [0.1, 0.15) is 13.2 Å². The number of esters is 1. The Morgan fingerprint density at radius 1 is 1.37 bits per heavy atom. The lowest BCUT2D eigenvalue weighted by atomic mass is 9.78. The Labute approximate surface area is 114 Å². The molecule has 0 fully saturated rings. The van der Waals surface area contributed by atoms with Crippen molar-refractivity contribution in [1.29, 1.82) is 0 Å². The first kappa shape index (κ1) is 18.3. The number of hydrogen-bond acceptors (Lipinski definition) is 5. The Morgan fingerprint density at radius 2 is 1.95 bits per heavy atom. The Kier molecular flexibility index (Phi) is 8.18. The third kappa shape index (κ3) is 6.87. The van der Waals surface area contributed by atoms with Crippen LogP contribution in [0.25, 0.3) is 0 Å². The van der Waals surface area contributed by atoms with Gasteiger partial charge < -0.3 is 9.63 Å². The number of rotatable bonds is 8. The van der Waals surface area contributed by atoms with Crippen molar-refractivity contribution in [1.82, 2.24) is 0 Å². The molecule has 0 saturated carbocycles. The predicted molar refractivity (Wildman–Crippen MR) is 71.6 cm³/mol. The molecule has 0 saturated heterocycles. The summed E-state index contributed by atoms with van der Waals surface area (Å²) in [5.41, 5.74) is 0.330. The predicted octanol–water partition coefficient (Wildman–Crippen LogP) is 2.49. The lowest BCUT2D eigenvalue weighted by Gasteiger charge is -2.28. The van der Waals surface area contributed by atoms with Crippen molar-refractivity contribution < 1.29 is 28.6 Å². The van der Waals surface area contributed by atoms with E-state index in [1.54, 1.807) is 0 Å². The van der Waals surface area contributed by atoms with Crippen LogP contribution in [0, 0.1) is 11.3 Å². The first-order valence-corrected chi connectivity index (χ1v) is 7.32. The summed E-state index contributed by atoms with van der Waals surface area (Å²) >= 11 is 0. The number of carbonyl (C=O) groups is 1. The summed E-state index contributed by atoms with van der Waals surface area (Å²) in [7, 11) is -3.11. The molecule has 6 nitrogen and oxygen atoms in total. The van der Waals surface area contributed by atoms with Crippen LogP contribution in [0.1, 0.15) is 34.6 Å². The minimum Gasteiger partial charge on any atom is -0.462 e. The third-order valence-corrected chi connectivity index (χ3v) is 3.02. The summed E-state index contributed by atoms with van der Waals surface area (Å²) < 4.78 is 19.3. The second-order valence-corrected chi connectivity index (χ2v) is 5.66. The van der Waals surface area contributed by atoms with E-state index in [0.29, 0.717) is 0 Å². The van der Waals surface area contributed by atoms with Gasteiger partial charge in [0.05, 0.1) is 5.41 Å². The van der Waals surface area contributed by atoms with E-state index in [4.69, 9.17) is 9.63 Å². The Balaban J connectivity index is 4.36. The molecule has 0 amide bonds. The molecule has 19 heavy (non-hydrogen) atoms. The Bertz CT molecular complexity index is 348. The molecule has 0 spiro atoms. The van der Waals surface area contributed by atoms with Crippen LogP contribution in [-0.2, 0) is 23.7 Å². The van der Waals surface area contributed by atoms with E-state index < -0.39 is 13.7 Å². The summed E-state index contributed by atoms with van der Waals surface area (Å²) in [5, 5.41) is 0. The molecule has 0 rings (SSSR count). The number of carbonyl (C=O) groups excluding carboxylic acids is 1. The topological polar surface area (TPSA) is 82.1 Å². The van der Waals surface area contributed by atoms with Gasteiger partial charge >= 0.3 is 14.2 Å². The highest BCUT2D eigenvalue weighted by molar-refractivity contribution is 7.31. The maximum Gasteiger partial charge on any atom is 0.344 e. The van der Waals surface area contributed by atoms with Gasteiger partial charge in [0, 0.05) is 0 Å². The monoisotopic (exact) mass is 294 g/mol. The van der Waals surface area contributed by atoms with Crippen LogP contribution >= 0.6 is 8.25 Å². The maximum atomic E-state index is 12.1. The highest BCUT2D eigenvalue weighted by Crippen LogP contribution is 2.31. The van der Waals surface area contributed by atoms with E-state index in [0.717, 1.165) is 5.57 Å². The summed E-state index contributed by atoms with van der Waals surface area (Å²) in [6.07, 6.45) is 1.88. The zero-order chi connectivity index (χ0) is 15.1. The normalized spacial score (nSPS) is 15.7. The molecule has 0 aliphatic heterocycles. The van der Waals surface area contributed by atoms with Crippen LogP contribution in [0.4, 0.5) is 0 Å². The average molecular weight is 294 g/mol. The van der Waals surface area contributed by atoms with Gasteiger partial charge in [-0.1, -0.05) is 25.5 Å². The zero-order valence-corrected chi connectivity index (χ0v) is 13.1. The SMILES string of the molecule is CC(C)=CC(C)(C(=O)OCCOO[PH](=O)O)C(C)C. The molecule has 7 heteroatoms. The average Bonchev–Trinajstić information content (AvgIpc) is 2.26. The molecule has 0 aromatic rings. The van der Waals surface area contributed by atoms with Crippen molar-refractivity contribution in [3.63, 3.8) is 0 Å². The summed E-state index contributed by atoms with van der Waals surface area (Å²) in [4.78, 5) is 24.8. The molecule has 2 unspecified atom stereocenters. The molecule has 0 aromatic heterocycles. The summed E-state index contributed by atoms with van der Waals surface area (Å²) in [6, 6.07) is 0. The lowest BCUT2D eigenvalue weighted by Crippen LogP contribution is -2.34. The lowest BCUT2D eigenvalue weighted by molar-refractivity contribution is -0.217. The molecule has 0 bridgehead atoms. The molecular weight excluding hydrogens is 271 g/mol. The minimum atomic E-state index is -3.11. The number of allylic oxidation sites excluding steroid dienone is 1. The molecule has 0 aliphatic carbocycles. The third-order valence-electron chi connectivity index (χ3n) is 2.76. The molecule has 0 aliphatic rings. The van der Waals surface area contributed by atoms with E-state index in [9.17, 15) is 9.36 Å². The number of ether oxygens (including phenoxy) is 1. The van der Waals surface area contributed by atoms with Gasteiger partial charge in [-0.05, 0) is 26.7 Å². The largest absolute Gasteiger partial charge is 0.462 e. The maximum absolute atomic E-state index is 12.1. The van der Waals surface area contributed by atoms with Crippen LogP contribution in [-0.4, -0.2) is 24.1 Å². The first-order chi connectivity index (χ1) is 8.70. The highest BCUT2D eigenvalue weighted by atomic mass is 31.1. The van der Waals surface area contributed by atoms with Crippen molar-refractivity contribution in [2.24, 2.45) is 11.3 Å². The van der Waals surface area contributed by atoms with Crippen molar-refractivity contribution in [3.8, 4) is 0 Å². The van der Waals surface area contributed by atoms with E-state index >= 15 is 0 Å². The van der Waals surface area contributed by atoms with E-state index in [-0.39, 0.29) is 25.1 Å². The molecular formula is C12H23O6P. The molecule has 0 aromatic carbocycles. The second-order valence-electron chi connectivity index (χ2n) is 4.97. The molecule has 2 atom stereocenters. The fraction of sp³-hybridized carbons (Fsp3) is 0.750. The standard InChI is InChI=1S/C12H23O6P/c1-9(2)8-12(5,10(3)4)11(13)16-6-7-17-18-19(14)15/h8,10,19H,6-7H2,1-5H3,(H,14,15). The van der Waals surface area contributed by atoms with Crippen LogP contribution < -0.4 is 0 Å². The summed E-state index contributed by atoms with van der Waals surface area (Å²) in [5.74, 6) is -0.273. The van der Waals surface area contributed by atoms with Gasteiger partial charge in [-0.25, -0.2) is 4.89 Å². The van der Waals surface area contributed by atoms with Crippen molar-refractivity contribution >= 4 is 14.2 Å². The van der Waals surface area contributed by atoms with Crippen molar-refractivity contribution in [2.75, 3.05) is 13.2 Å². The quantitative estimate of drug-likeness (QED) is 0.185. The zero-order valence-electron chi connectivity index (χ0n) is 12.1. The van der Waals surface area contributed by atoms with Gasteiger partial charge in [0.2, 0.25) is 0 Å². The van der Waals surface area contributed by atoms with Gasteiger partial charge in [-0.3, -0.25) is 9.36 Å². The van der Waals surface area contributed by atoms with Crippen LogP contribution in [0.5, 0.6) is 0 Å². The highest BCUT2D eigenvalue weighted by Gasteiger charge is 2.35. The van der Waals surface area contributed by atoms with Gasteiger partial charge in [0.25, 0.3) is 0 Å². The fourth-order valence-corrected chi connectivity index (χ4v) is 1.66. The fourth-order valence-electron chi connectivity index (χ4n) is 1.48. The Morgan fingerprint density at radius 3 is 2.37 bits per heavy atom. The molecule has 112 valence electrons. The first-order valence-electron chi connectivity index (χ1n) is 6.05. The molecule has 0 radical (unpaired) electrons. The molecule has 0 heterocycles. The van der Waals surface area contributed by atoms with Gasteiger partial charge in [-0.2, -0.15) is 4.67 Å². The summed E-state index contributed by atoms with van der Waals surface area (Å²) in [6.45, 7) is 9.42. The van der Waals surface area contributed by atoms with Gasteiger partial charge in [-0.15, -0.1) is 0 Å².